The zero-order valence-corrected chi connectivity index (χ0v) is 15.6. The number of hydrogen-bond acceptors (Lipinski definition) is 4. The molecule has 1 aliphatic heterocycles. The van der Waals surface area contributed by atoms with E-state index in [-0.39, 0.29) is 32.7 Å². The molecule has 0 amide bonds. The van der Waals surface area contributed by atoms with Crippen LogP contribution in [-0.2, 0) is 10.9 Å². The monoisotopic (exact) mass is 424 g/mol. The molecule has 0 saturated carbocycles. The van der Waals surface area contributed by atoms with Gasteiger partial charge in [0, 0.05) is 10.5 Å². The minimum atomic E-state index is -4.79. The Labute approximate surface area is 164 Å². The van der Waals surface area contributed by atoms with Gasteiger partial charge in [0.15, 0.2) is 0 Å². The zero-order chi connectivity index (χ0) is 20.9. The summed E-state index contributed by atoms with van der Waals surface area (Å²) in [5, 5.41) is -0.279. The topological polar surface area (TPSA) is 64.1 Å². The highest BCUT2D eigenvalue weighted by atomic mass is 32.2. The third-order valence-electron chi connectivity index (χ3n) is 4.51. The lowest BCUT2D eigenvalue weighted by Gasteiger charge is -2.19. The van der Waals surface area contributed by atoms with Gasteiger partial charge in [0.1, 0.15) is 11.6 Å². The average Bonchev–Trinajstić information content (AvgIpc) is 2.86. The van der Waals surface area contributed by atoms with E-state index in [0.29, 0.717) is 5.76 Å². The summed E-state index contributed by atoms with van der Waals surface area (Å²) in [5.74, 6) is -0.130. The van der Waals surface area contributed by atoms with E-state index in [1.165, 1.54) is 25.4 Å². The lowest BCUT2D eigenvalue weighted by atomic mass is 9.96. The van der Waals surface area contributed by atoms with Crippen molar-refractivity contribution in [1.29, 1.82) is 0 Å². The van der Waals surface area contributed by atoms with Gasteiger partial charge in [-0.3, -0.25) is 14.3 Å². The third-order valence-corrected chi connectivity index (χ3v) is 5.63. The van der Waals surface area contributed by atoms with Crippen LogP contribution >= 0.6 is 11.8 Å². The van der Waals surface area contributed by atoms with Crippen molar-refractivity contribution in [2.75, 3.05) is 12.9 Å². The number of halogens is 4. The Morgan fingerprint density at radius 1 is 1.17 bits per heavy atom. The van der Waals surface area contributed by atoms with E-state index in [1.807, 2.05) is 4.98 Å². The van der Waals surface area contributed by atoms with Gasteiger partial charge in [0.25, 0.3) is 5.56 Å². The van der Waals surface area contributed by atoms with E-state index in [4.69, 9.17) is 4.74 Å². The number of alkyl halides is 3. The fourth-order valence-electron chi connectivity index (χ4n) is 3.21. The smallest absolute Gasteiger partial charge is 0.417 e. The Morgan fingerprint density at radius 3 is 2.48 bits per heavy atom. The van der Waals surface area contributed by atoms with Gasteiger partial charge in [-0.25, -0.2) is 9.18 Å². The van der Waals surface area contributed by atoms with E-state index in [2.05, 4.69) is 0 Å². The number of nitrogens with one attached hydrogen (secondary N) is 1. The van der Waals surface area contributed by atoms with Gasteiger partial charge in [-0.15, -0.1) is 11.8 Å². The molecular weight excluding hydrogens is 412 g/mol. The number of aromatic nitrogens is 2. The summed E-state index contributed by atoms with van der Waals surface area (Å²) in [7, 11) is 1.37. The van der Waals surface area contributed by atoms with E-state index in [9.17, 15) is 27.2 Å². The highest BCUT2D eigenvalue weighted by Crippen LogP contribution is 2.46. The largest absolute Gasteiger partial charge is 0.499 e. The molecule has 29 heavy (non-hydrogen) atoms. The quantitative estimate of drug-likeness (QED) is 0.630. The molecule has 4 rings (SSSR count). The molecule has 0 radical (unpaired) electrons. The minimum absolute atomic E-state index is 0.0446. The Morgan fingerprint density at radius 2 is 1.86 bits per heavy atom. The second kappa shape index (κ2) is 6.80. The molecule has 3 aromatic rings. The van der Waals surface area contributed by atoms with Crippen LogP contribution in [0.4, 0.5) is 17.6 Å². The maximum absolute atomic E-state index is 13.9. The second-order valence-electron chi connectivity index (χ2n) is 6.25. The summed E-state index contributed by atoms with van der Waals surface area (Å²) >= 11 is 1.01. The predicted octanol–water partition coefficient (Wildman–Crippen LogP) is 4.07. The maximum Gasteiger partial charge on any atom is 0.417 e. The first-order valence-corrected chi connectivity index (χ1v) is 9.25. The summed E-state index contributed by atoms with van der Waals surface area (Å²) in [6.07, 6.45) is -3.45. The van der Waals surface area contributed by atoms with Crippen molar-refractivity contribution in [3.63, 3.8) is 0 Å². The number of ether oxygens (including phenoxy) is 1. The lowest BCUT2D eigenvalue weighted by Crippen LogP contribution is -2.28. The number of nitrogens with zero attached hydrogens (tertiary/aromatic N) is 1. The highest BCUT2D eigenvalue weighted by molar-refractivity contribution is 7.99. The molecule has 0 aliphatic carbocycles. The molecule has 0 bridgehead atoms. The fraction of sp³-hybridized carbons (Fsp3) is 0.158. The molecule has 0 saturated heterocycles. The van der Waals surface area contributed by atoms with Crippen molar-refractivity contribution < 1.29 is 22.3 Å². The molecule has 2 aromatic carbocycles. The molecule has 150 valence electrons. The normalized spacial score (nSPS) is 13.9. The molecule has 10 heteroatoms. The van der Waals surface area contributed by atoms with E-state index in [0.717, 1.165) is 34.5 Å². The van der Waals surface area contributed by atoms with Crippen LogP contribution in [0.3, 0.4) is 0 Å². The molecule has 1 aliphatic rings. The number of benzene rings is 2. The van der Waals surface area contributed by atoms with Crippen LogP contribution in [0.25, 0.3) is 28.2 Å². The van der Waals surface area contributed by atoms with Crippen LogP contribution in [0.1, 0.15) is 5.56 Å². The Balaban J connectivity index is 2.23. The summed E-state index contributed by atoms with van der Waals surface area (Å²) in [6.45, 7) is 0. The van der Waals surface area contributed by atoms with E-state index in [1.54, 1.807) is 0 Å². The molecule has 1 N–H and O–H groups in total. The van der Waals surface area contributed by atoms with Gasteiger partial charge < -0.3 is 4.74 Å². The molecule has 5 nitrogen and oxygen atoms in total. The average molecular weight is 424 g/mol. The Bertz CT molecular complexity index is 1270. The maximum atomic E-state index is 13.9. The number of rotatable bonds is 2. The van der Waals surface area contributed by atoms with Crippen LogP contribution in [0.2, 0.25) is 0 Å². The van der Waals surface area contributed by atoms with Gasteiger partial charge in [-0.05, 0) is 23.8 Å². The SMILES string of the molecule is COC1=Cn2c(=O)[nH]c(=O)c3cc(C(F)(F)F)c(-c4ccc(F)cc4)c(c32)SC1. The van der Waals surface area contributed by atoms with E-state index < -0.39 is 28.8 Å². The van der Waals surface area contributed by atoms with Gasteiger partial charge in [-0.1, -0.05) is 12.1 Å². The number of hydrogen-bond donors (Lipinski definition) is 1. The molecule has 1 aromatic heterocycles. The number of methoxy groups -OCH3 is 1. The summed E-state index contributed by atoms with van der Waals surface area (Å²) in [6, 6.07) is 5.29. The zero-order valence-electron chi connectivity index (χ0n) is 14.8. The Hall–Kier alpha value is -3.01. The number of H-pyrrole nitrogens is 1. The second-order valence-corrected chi connectivity index (χ2v) is 7.23. The standard InChI is InChI=1S/C19H12F4N2O3S/c1-28-11-7-25-15-12(17(26)24-18(25)27)6-13(19(21,22)23)14(16(15)29-8-11)9-2-4-10(20)5-3-9/h2-7H,8H2,1H3,(H,24,26,27). The van der Waals surface area contributed by atoms with Gasteiger partial charge >= 0.3 is 11.9 Å². The predicted molar refractivity (Wildman–Crippen MR) is 101 cm³/mol. The highest BCUT2D eigenvalue weighted by Gasteiger charge is 2.37. The van der Waals surface area contributed by atoms with Crippen molar-refractivity contribution in [1.82, 2.24) is 9.55 Å². The third kappa shape index (κ3) is 3.23. The first kappa shape index (κ1) is 19.3. The number of thioether (sulfide) groups is 1. The molecular formula is C19H12F4N2O3S. The van der Waals surface area contributed by atoms with Crippen molar-refractivity contribution in [3.05, 3.63) is 68.3 Å². The fourth-order valence-corrected chi connectivity index (χ4v) is 4.41. The number of aromatic amines is 1. The van der Waals surface area contributed by atoms with Gasteiger partial charge in [-0.2, -0.15) is 13.2 Å². The van der Waals surface area contributed by atoms with Crippen LogP contribution in [0, 0.1) is 5.82 Å². The van der Waals surface area contributed by atoms with Crippen molar-refractivity contribution in [2.45, 2.75) is 11.1 Å². The molecule has 0 spiro atoms. The van der Waals surface area contributed by atoms with Crippen LogP contribution < -0.4 is 11.2 Å². The minimum Gasteiger partial charge on any atom is -0.499 e. The van der Waals surface area contributed by atoms with Crippen molar-refractivity contribution in [3.8, 4) is 11.1 Å². The molecule has 0 unspecified atom stereocenters. The van der Waals surface area contributed by atoms with Crippen LogP contribution in [-0.4, -0.2) is 22.4 Å². The van der Waals surface area contributed by atoms with Gasteiger partial charge in [0.2, 0.25) is 0 Å². The summed E-state index contributed by atoms with van der Waals surface area (Å²) in [5.41, 5.74) is -2.83. The molecule has 0 fully saturated rings. The summed E-state index contributed by atoms with van der Waals surface area (Å²) < 4.78 is 61.4. The first-order valence-electron chi connectivity index (χ1n) is 8.27. The first-order chi connectivity index (χ1) is 13.7. The van der Waals surface area contributed by atoms with Gasteiger partial charge in [0.05, 0.1) is 35.5 Å². The molecule has 2 heterocycles. The van der Waals surface area contributed by atoms with Crippen molar-refractivity contribution in [2.24, 2.45) is 0 Å². The molecule has 0 atom stereocenters. The lowest BCUT2D eigenvalue weighted by molar-refractivity contribution is -0.137. The summed E-state index contributed by atoms with van der Waals surface area (Å²) in [4.78, 5) is 26.8. The Kier molecular flexibility index (Phi) is 4.53. The van der Waals surface area contributed by atoms with Crippen molar-refractivity contribution >= 4 is 28.9 Å². The van der Waals surface area contributed by atoms with E-state index >= 15 is 0 Å². The van der Waals surface area contributed by atoms with Crippen LogP contribution in [0.15, 0.2) is 50.6 Å². The van der Waals surface area contributed by atoms with Crippen LogP contribution in [0.5, 0.6) is 0 Å².